The quantitative estimate of drug-likeness (QED) is 0.161. The molecule has 0 spiro atoms. The molecule has 36 heavy (non-hydrogen) atoms. The second kappa shape index (κ2) is 11.5. The predicted octanol–water partition coefficient (Wildman–Crippen LogP) is 4.61. The van der Waals surface area contributed by atoms with Gasteiger partial charge in [0.2, 0.25) is 0 Å². The summed E-state index contributed by atoms with van der Waals surface area (Å²) in [6, 6.07) is 24.9. The Morgan fingerprint density at radius 1 is 0.833 bits per heavy atom. The van der Waals surface area contributed by atoms with E-state index in [1.54, 1.807) is 49.6 Å². The van der Waals surface area contributed by atoms with Gasteiger partial charge >= 0.3 is 5.97 Å². The largest absolute Gasteiger partial charge is 0.497 e. The number of hydrogen-bond acceptors (Lipinski definition) is 7. The van der Waals surface area contributed by atoms with Crippen molar-refractivity contribution in [1.82, 2.24) is 5.43 Å². The van der Waals surface area contributed by atoms with Crippen molar-refractivity contribution >= 4 is 28.9 Å². The van der Waals surface area contributed by atoms with E-state index in [4.69, 9.17) is 18.9 Å². The number of nitrogens with zero attached hydrogens (tertiary/aromatic N) is 1. The molecule has 0 radical (unpaired) electrons. The number of esters is 1. The van der Waals surface area contributed by atoms with Crippen LogP contribution in [-0.2, 0) is 4.79 Å². The Labute approximate surface area is 208 Å². The van der Waals surface area contributed by atoms with Crippen molar-refractivity contribution in [3.63, 3.8) is 0 Å². The highest BCUT2D eigenvalue weighted by Gasteiger charge is 2.13. The Hall–Kier alpha value is -4.85. The average Bonchev–Trinajstić information content (AvgIpc) is 2.92. The van der Waals surface area contributed by atoms with Crippen molar-refractivity contribution in [3.8, 4) is 23.0 Å². The molecule has 0 bridgehead atoms. The Balaban J connectivity index is 1.33. The van der Waals surface area contributed by atoms with E-state index in [1.807, 2.05) is 42.5 Å². The summed E-state index contributed by atoms with van der Waals surface area (Å²) in [6.45, 7) is -0.186. The molecule has 182 valence electrons. The zero-order chi connectivity index (χ0) is 25.3. The smallest absolute Gasteiger partial charge is 0.343 e. The summed E-state index contributed by atoms with van der Waals surface area (Å²) in [5.41, 5.74) is 3.44. The summed E-state index contributed by atoms with van der Waals surface area (Å²) in [5, 5.41) is 5.92. The molecule has 4 aromatic rings. The van der Waals surface area contributed by atoms with Crippen molar-refractivity contribution in [2.24, 2.45) is 5.10 Å². The number of benzene rings is 4. The lowest BCUT2D eigenvalue weighted by atomic mass is 10.1. The van der Waals surface area contributed by atoms with Crippen LogP contribution in [-0.4, -0.2) is 38.9 Å². The first kappa shape index (κ1) is 24.3. The molecule has 1 N–H and O–H groups in total. The Bertz CT molecular complexity index is 1390. The van der Waals surface area contributed by atoms with E-state index in [0.717, 1.165) is 10.8 Å². The van der Waals surface area contributed by atoms with Crippen LogP contribution in [0, 0.1) is 0 Å². The zero-order valence-corrected chi connectivity index (χ0v) is 19.8. The summed E-state index contributed by atoms with van der Waals surface area (Å²) in [5.74, 6) is 0.915. The molecule has 8 nitrogen and oxygen atoms in total. The third-order valence-corrected chi connectivity index (χ3v) is 5.23. The van der Waals surface area contributed by atoms with E-state index >= 15 is 0 Å². The molecule has 0 heterocycles. The van der Waals surface area contributed by atoms with Gasteiger partial charge in [-0.05, 0) is 59.5 Å². The van der Waals surface area contributed by atoms with Crippen LogP contribution in [0.5, 0.6) is 23.0 Å². The molecule has 1 amide bonds. The first-order valence-electron chi connectivity index (χ1n) is 11.0. The Morgan fingerprint density at radius 3 is 2.39 bits per heavy atom. The van der Waals surface area contributed by atoms with Gasteiger partial charge in [0, 0.05) is 5.39 Å². The van der Waals surface area contributed by atoms with Gasteiger partial charge in [0.25, 0.3) is 5.91 Å². The minimum absolute atomic E-state index is 0.186. The lowest BCUT2D eigenvalue weighted by Crippen LogP contribution is -2.24. The van der Waals surface area contributed by atoms with Crippen molar-refractivity contribution in [2.75, 3.05) is 20.8 Å². The van der Waals surface area contributed by atoms with Crippen LogP contribution in [0.3, 0.4) is 0 Å². The molecule has 0 saturated carbocycles. The van der Waals surface area contributed by atoms with Gasteiger partial charge in [-0.2, -0.15) is 5.10 Å². The molecule has 8 heteroatoms. The summed E-state index contributed by atoms with van der Waals surface area (Å²) >= 11 is 0. The monoisotopic (exact) mass is 484 g/mol. The van der Waals surface area contributed by atoms with Gasteiger partial charge < -0.3 is 18.9 Å². The van der Waals surface area contributed by atoms with Gasteiger partial charge in [-0.15, -0.1) is 0 Å². The van der Waals surface area contributed by atoms with Gasteiger partial charge in [-0.3, -0.25) is 4.79 Å². The number of amides is 1. The maximum Gasteiger partial charge on any atom is 0.343 e. The number of nitrogens with one attached hydrogen (secondary N) is 1. The molecule has 4 rings (SSSR count). The maximum atomic E-state index is 12.4. The summed E-state index contributed by atoms with van der Waals surface area (Å²) in [6.07, 6.45) is 1.45. The SMILES string of the molecule is COc1ccc(C(=O)Oc2ccc(C=NNC(=O)COc3cccc4ccccc34)cc2OC)cc1. The number of methoxy groups -OCH3 is 2. The van der Waals surface area contributed by atoms with E-state index < -0.39 is 11.9 Å². The van der Waals surface area contributed by atoms with Crippen LogP contribution in [0.15, 0.2) is 90.0 Å². The lowest BCUT2D eigenvalue weighted by Gasteiger charge is -2.10. The van der Waals surface area contributed by atoms with Crippen LogP contribution in [0.25, 0.3) is 10.8 Å². The number of fused-ring (bicyclic) bond motifs is 1. The number of ether oxygens (including phenoxy) is 4. The number of rotatable bonds is 9. The zero-order valence-electron chi connectivity index (χ0n) is 19.8. The molecule has 0 atom stereocenters. The van der Waals surface area contributed by atoms with Gasteiger partial charge in [0.1, 0.15) is 11.5 Å². The standard InChI is InChI=1S/C28H24N2O6/c1-33-22-13-11-21(12-14-22)28(32)36-25-15-10-19(16-26(25)34-2)17-29-30-27(31)18-35-24-9-5-7-20-6-3-4-8-23(20)24/h3-17H,18H2,1-2H3,(H,30,31). The topological polar surface area (TPSA) is 95.5 Å². The average molecular weight is 485 g/mol. The van der Waals surface area contributed by atoms with Crippen LogP contribution >= 0.6 is 0 Å². The molecular formula is C28H24N2O6. The van der Waals surface area contributed by atoms with Crippen LogP contribution in [0.1, 0.15) is 15.9 Å². The second-order valence-electron chi connectivity index (χ2n) is 7.59. The predicted molar refractivity (Wildman–Crippen MR) is 136 cm³/mol. The highest BCUT2D eigenvalue weighted by atomic mass is 16.6. The van der Waals surface area contributed by atoms with Crippen molar-refractivity contribution < 1.29 is 28.5 Å². The molecule has 0 fully saturated rings. The Kier molecular flexibility index (Phi) is 7.77. The first-order valence-corrected chi connectivity index (χ1v) is 11.0. The normalized spacial score (nSPS) is 10.7. The van der Waals surface area contributed by atoms with Crippen LogP contribution in [0.4, 0.5) is 0 Å². The molecule has 4 aromatic carbocycles. The first-order chi connectivity index (χ1) is 17.6. The van der Waals surface area contributed by atoms with E-state index in [1.165, 1.54) is 13.3 Å². The minimum Gasteiger partial charge on any atom is -0.497 e. The van der Waals surface area contributed by atoms with Crippen LogP contribution < -0.4 is 24.4 Å². The minimum atomic E-state index is -0.532. The van der Waals surface area contributed by atoms with E-state index in [9.17, 15) is 9.59 Å². The van der Waals surface area contributed by atoms with Crippen molar-refractivity contribution in [2.45, 2.75) is 0 Å². The fraction of sp³-hybridized carbons (Fsp3) is 0.107. The number of hydrogen-bond donors (Lipinski definition) is 1. The van der Waals surface area contributed by atoms with Crippen molar-refractivity contribution in [3.05, 3.63) is 96.1 Å². The lowest BCUT2D eigenvalue weighted by molar-refractivity contribution is -0.123. The second-order valence-corrected chi connectivity index (χ2v) is 7.59. The third kappa shape index (κ3) is 5.98. The molecule has 0 aromatic heterocycles. The summed E-state index contributed by atoms with van der Waals surface area (Å²) in [4.78, 5) is 24.6. The molecular weight excluding hydrogens is 460 g/mol. The molecule has 0 saturated heterocycles. The third-order valence-electron chi connectivity index (χ3n) is 5.23. The highest BCUT2D eigenvalue weighted by Crippen LogP contribution is 2.29. The maximum absolute atomic E-state index is 12.4. The molecule has 0 aliphatic carbocycles. The van der Waals surface area contributed by atoms with E-state index in [-0.39, 0.29) is 12.4 Å². The van der Waals surface area contributed by atoms with E-state index in [2.05, 4.69) is 10.5 Å². The summed E-state index contributed by atoms with van der Waals surface area (Å²) < 4.78 is 21.6. The summed E-state index contributed by atoms with van der Waals surface area (Å²) in [7, 11) is 3.02. The van der Waals surface area contributed by atoms with E-state index in [0.29, 0.717) is 28.4 Å². The fourth-order valence-corrected chi connectivity index (χ4v) is 3.41. The molecule has 0 aliphatic rings. The number of carbonyl (C=O) groups excluding carboxylic acids is 2. The van der Waals surface area contributed by atoms with Crippen molar-refractivity contribution in [1.29, 1.82) is 0 Å². The number of hydrazone groups is 1. The highest BCUT2D eigenvalue weighted by molar-refractivity contribution is 5.92. The number of carbonyl (C=O) groups is 2. The van der Waals surface area contributed by atoms with Gasteiger partial charge in [-0.25, -0.2) is 10.2 Å². The van der Waals surface area contributed by atoms with Gasteiger partial charge in [0.05, 0.1) is 26.0 Å². The molecule has 0 aliphatic heterocycles. The van der Waals surface area contributed by atoms with Gasteiger partial charge in [0.15, 0.2) is 18.1 Å². The van der Waals surface area contributed by atoms with Crippen LogP contribution in [0.2, 0.25) is 0 Å². The molecule has 0 unspecified atom stereocenters. The fourth-order valence-electron chi connectivity index (χ4n) is 3.41. The Morgan fingerprint density at radius 2 is 1.61 bits per heavy atom. The van der Waals surface area contributed by atoms with Gasteiger partial charge in [-0.1, -0.05) is 36.4 Å².